The molecule has 5 nitrogen and oxygen atoms in total. The molecule has 1 aromatic heterocycles. The molecule has 0 bridgehead atoms. The van der Waals surface area contributed by atoms with E-state index in [1.165, 1.54) is 0 Å². The maximum Gasteiger partial charge on any atom is 0.224 e. The van der Waals surface area contributed by atoms with E-state index in [1.807, 2.05) is 25.1 Å². The number of nitrogens with one attached hydrogen (secondary N) is 1. The Morgan fingerprint density at radius 2 is 2.12 bits per heavy atom. The molecule has 1 N–H and O–H groups in total. The zero-order valence-corrected chi connectivity index (χ0v) is 11.3. The van der Waals surface area contributed by atoms with Gasteiger partial charge in [-0.2, -0.15) is 4.98 Å². The quantitative estimate of drug-likeness (QED) is 0.816. The molecule has 0 aromatic carbocycles. The Bertz CT molecular complexity index is 352. The normalized spacial score (nSPS) is 11.4. The van der Waals surface area contributed by atoms with Crippen LogP contribution in [-0.2, 0) is 4.74 Å². The Morgan fingerprint density at radius 3 is 2.71 bits per heavy atom. The number of anilines is 2. The van der Waals surface area contributed by atoms with E-state index in [9.17, 15) is 0 Å². The minimum atomic E-state index is 0.0617. The van der Waals surface area contributed by atoms with Crippen LogP contribution in [0.3, 0.4) is 0 Å². The first-order valence-corrected chi connectivity index (χ1v) is 5.68. The summed E-state index contributed by atoms with van der Waals surface area (Å²) in [6, 6.07) is 1.88. The summed E-state index contributed by atoms with van der Waals surface area (Å²) in [5.41, 5.74) is 0.0617. The van der Waals surface area contributed by atoms with Gasteiger partial charge in [0.1, 0.15) is 5.82 Å². The Kier molecular flexibility index (Phi) is 4.69. The summed E-state index contributed by atoms with van der Waals surface area (Å²) in [5, 5.41) is 3.24. The van der Waals surface area contributed by atoms with Crippen LogP contribution in [-0.4, -0.2) is 44.3 Å². The first-order chi connectivity index (χ1) is 7.94. The van der Waals surface area contributed by atoms with Crippen molar-refractivity contribution in [2.45, 2.75) is 13.8 Å². The highest BCUT2D eigenvalue weighted by Gasteiger charge is 2.17. The lowest BCUT2D eigenvalue weighted by Gasteiger charge is -2.24. The van der Waals surface area contributed by atoms with E-state index in [0.29, 0.717) is 12.6 Å². The third-order valence-corrected chi connectivity index (χ3v) is 2.36. The molecule has 0 aliphatic rings. The fraction of sp³-hybridized carbons (Fsp3) is 0.667. The third kappa shape index (κ3) is 4.56. The molecule has 5 heteroatoms. The second-order valence-electron chi connectivity index (χ2n) is 5.08. The molecule has 0 atom stereocenters. The van der Waals surface area contributed by atoms with Crippen LogP contribution in [0.15, 0.2) is 12.3 Å². The van der Waals surface area contributed by atoms with Crippen molar-refractivity contribution in [2.75, 3.05) is 44.6 Å². The van der Waals surface area contributed by atoms with E-state index in [2.05, 4.69) is 29.1 Å². The lowest BCUT2D eigenvalue weighted by atomic mass is 9.95. The van der Waals surface area contributed by atoms with Crippen molar-refractivity contribution >= 4 is 11.8 Å². The van der Waals surface area contributed by atoms with Crippen molar-refractivity contribution in [3.05, 3.63) is 12.3 Å². The number of methoxy groups -OCH3 is 1. The molecule has 17 heavy (non-hydrogen) atoms. The number of rotatable bonds is 6. The maximum atomic E-state index is 5.17. The van der Waals surface area contributed by atoms with E-state index in [4.69, 9.17) is 4.74 Å². The van der Waals surface area contributed by atoms with Crippen LogP contribution in [0.5, 0.6) is 0 Å². The number of aromatic nitrogens is 2. The molecule has 0 amide bonds. The molecule has 1 heterocycles. The van der Waals surface area contributed by atoms with Crippen LogP contribution in [0.1, 0.15) is 13.8 Å². The second kappa shape index (κ2) is 5.82. The molecule has 0 aliphatic heterocycles. The van der Waals surface area contributed by atoms with Gasteiger partial charge in [-0.1, -0.05) is 13.8 Å². The van der Waals surface area contributed by atoms with Crippen molar-refractivity contribution in [1.29, 1.82) is 0 Å². The van der Waals surface area contributed by atoms with Crippen molar-refractivity contribution < 1.29 is 4.74 Å². The lowest BCUT2D eigenvalue weighted by Crippen LogP contribution is -2.28. The summed E-state index contributed by atoms with van der Waals surface area (Å²) in [6.45, 7) is 5.75. The first-order valence-electron chi connectivity index (χ1n) is 5.68. The van der Waals surface area contributed by atoms with Gasteiger partial charge in [0, 0.05) is 39.4 Å². The van der Waals surface area contributed by atoms with Gasteiger partial charge in [-0.15, -0.1) is 0 Å². The van der Waals surface area contributed by atoms with Gasteiger partial charge < -0.3 is 15.0 Å². The van der Waals surface area contributed by atoms with E-state index in [1.54, 1.807) is 13.3 Å². The highest BCUT2D eigenvalue weighted by Crippen LogP contribution is 2.16. The van der Waals surface area contributed by atoms with Gasteiger partial charge in [0.25, 0.3) is 0 Å². The van der Waals surface area contributed by atoms with Crippen LogP contribution >= 0.6 is 0 Å². The molecule has 96 valence electrons. The first kappa shape index (κ1) is 13.7. The molecule has 0 spiro atoms. The average Bonchev–Trinajstić information content (AvgIpc) is 2.27. The summed E-state index contributed by atoms with van der Waals surface area (Å²) in [5.74, 6) is 1.55. The van der Waals surface area contributed by atoms with E-state index in [-0.39, 0.29) is 5.41 Å². The molecule has 0 aliphatic carbocycles. The summed E-state index contributed by atoms with van der Waals surface area (Å²) >= 11 is 0. The second-order valence-corrected chi connectivity index (χ2v) is 5.08. The topological polar surface area (TPSA) is 50.3 Å². The zero-order valence-electron chi connectivity index (χ0n) is 11.3. The molecular formula is C12H22N4O. The molecule has 0 radical (unpaired) electrons. The highest BCUT2D eigenvalue weighted by atomic mass is 16.5. The molecule has 1 aromatic rings. The van der Waals surface area contributed by atoms with Crippen LogP contribution in [0, 0.1) is 5.41 Å². The summed E-state index contributed by atoms with van der Waals surface area (Å²) in [4.78, 5) is 10.5. The van der Waals surface area contributed by atoms with E-state index >= 15 is 0 Å². The van der Waals surface area contributed by atoms with Gasteiger partial charge in [0.05, 0.1) is 6.61 Å². The Balaban J connectivity index is 2.60. The number of hydrogen-bond donors (Lipinski definition) is 1. The predicted molar refractivity (Wildman–Crippen MR) is 70.5 cm³/mol. The van der Waals surface area contributed by atoms with Crippen molar-refractivity contribution in [1.82, 2.24) is 9.97 Å². The summed E-state index contributed by atoms with van der Waals surface area (Å²) in [6.07, 6.45) is 1.76. The summed E-state index contributed by atoms with van der Waals surface area (Å²) in [7, 11) is 5.63. The fourth-order valence-corrected chi connectivity index (χ4v) is 1.44. The highest BCUT2D eigenvalue weighted by molar-refractivity contribution is 5.40. The number of hydrogen-bond acceptors (Lipinski definition) is 5. The molecule has 0 fully saturated rings. The van der Waals surface area contributed by atoms with E-state index < -0.39 is 0 Å². The molecule has 0 saturated heterocycles. The minimum Gasteiger partial charge on any atom is -0.384 e. The van der Waals surface area contributed by atoms with Crippen LogP contribution < -0.4 is 10.2 Å². The van der Waals surface area contributed by atoms with Gasteiger partial charge >= 0.3 is 0 Å². The fourth-order valence-electron chi connectivity index (χ4n) is 1.44. The third-order valence-electron chi connectivity index (χ3n) is 2.36. The van der Waals surface area contributed by atoms with Crippen molar-refractivity contribution in [2.24, 2.45) is 5.41 Å². The zero-order chi connectivity index (χ0) is 12.9. The smallest absolute Gasteiger partial charge is 0.224 e. The van der Waals surface area contributed by atoms with Gasteiger partial charge in [-0.3, -0.25) is 0 Å². The minimum absolute atomic E-state index is 0.0617. The van der Waals surface area contributed by atoms with Crippen molar-refractivity contribution in [3.63, 3.8) is 0 Å². The predicted octanol–water partition coefficient (Wildman–Crippen LogP) is 1.63. The summed E-state index contributed by atoms with van der Waals surface area (Å²) < 4.78 is 5.17. The molecule has 0 saturated carbocycles. The average molecular weight is 238 g/mol. The van der Waals surface area contributed by atoms with Gasteiger partial charge in [-0.05, 0) is 6.07 Å². The van der Waals surface area contributed by atoms with E-state index in [0.717, 1.165) is 12.4 Å². The Hall–Kier alpha value is -1.36. The van der Waals surface area contributed by atoms with Gasteiger partial charge in [0.2, 0.25) is 5.95 Å². The standard InChI is InChI=1S/C12H22N4O/c1-12(2,9-17-5)8-14-11-13-7-6-10(15-11)16(3)4/h6-7H,8-9H2,1-5H3,(H,13,14,15). The van der Waals surface area contributed by atoms with Crippen molar-refractivity contribution in [3.8, 4) is 0 Å². The number of nitrogens with zero attached hydrogens (tertiary/aromatic N) is 3. The molecule has 1 rings (SSSR count). The Labute approximate surface area is 103 Å². The SMILES string of the molecule is COCC(C)(C)CNc1nccc(N(C)C)n1. The van der Waals surface area contributed by atoms with Crippen LogP contribution in [0.2, 0.25) is 0 Å². The molecular weight excluding hydrogens is 216 g/mol. The molecule has 0 unspecified atom stereocenters. The maximum absolute atomic E-state index is 5.17. The van der Waals surface area contributed by atoms with Gasteiger partial charge in [-0.25, -0.2) is 4.98 Å². The van der Waals surface area contributed by atoms with Crippen LogP contribution in [0.25, 0.3) is 0 Å². The largest absolute Gasteiger partial charge is 0.384 e. The monoisotopic (exact) mass is 238 g/mol. The van der Waals surface area contributed by atoms with Crippen LogP contribution in [0.4, 0.5) is 11.8 Å². The van der Waals surface area contributed by atoms with Gasteiger partial charge in [0.15, 0.2) is 0 Å². The lowest BCUT2D eigenvalue weighted by molar-refractivity contribution is 0.112. The number of ether oxygens (including phenoxy) is 1. The Morgan fingerprint density at radius 1 is 1.41 bits per heavy atom.